The number of carbonyl (C=O) groups is 2. The van der Waals surface area contributed by atoms with Gasteiger partial charge in [-0.1, -0.05) is 24.3 Å². The highest BCUT2D eigenvalue weighted by molar-refractivity contribution is 5.87. The third kappa shape index (κ3) is 7.06. The molecule has 2 aromatic rings. The fraction of sp³-hybridized carbons (Fsp3) is 0.364. The topological polar surface area (TPSA) is 94.1 Å². The van der Waals surface area contributed by atoms with Crippen molar-refractivity contribution in [1.82, 2.24) is 10.2 Å². The molecule has 2 aromatic carbocycles. The Balaban J connectivity index is 1.88. The number of ether oxygens (including phenoxy) is 1. The lowest BCUT2D eigenvalue weighted by Gasteiger charge is -2.21. The minimum atomic E-state index is -0.485. The molecule has 1 atom stereocenters. The van der Waals surface area contributed by atoms with Crippen LogP contribution in [0, 0.1) is 0 Å². The summed E-state index contributed by atoms with van der Waals surface area (Å²) in [5, 5.41) is 11.8. The van der Waals surface area contributed by atoms with Crippen molar-refractivity contribution >= 4 is 23.4 Å². The SMILES string of the molecule is CC(OC(=O)N(C)c1ccc(CC(=O)NCCN(C)C)cc1)c1ccc(NO)cc1. The van der Waals surface area contributed by atoms with Crippen molar-refractivity contribution in [3.05, 3.63) is 59.7 Å². The van der Waals surface area contributed by atoms with Crippen LogP contribution in [-0.4, -0.2) is 56.3 Å². The predicted octanol–water partition coefficient (Wildman–Crippen LogP) is 3.04. The first kappa shape index (κ1) is 23.2. The minimum absolute atomic E-state index is 0.0337. The van der Waals surface area contributed by atoms with Gasteiger partial charge in [-0.05, 0) is 56.4 Å². The number of anilines is 2. The van der Waals surface area contributed by atoms with Gasteiger partial charge in [0, 0.05) is 25.8 Å². The van der Waals surface area contributed by atoms with Gasteiger partial charge in [0.25, 0.3) is 0 Å². The van der Waals surface area contributed by atoms with Gasteiger partial charge < -0.3 is 15.0 Å². The van der Waals surface area contributed by atoms with Gasteiger partial charge in [0.05, 0.1) is 12.1 Å². The zero-order valence-corrected chi connectivity index (χ0v) is 17.9. The van der Waals surface area contributed by atoms with Gasteiger partial charge in [-0.25, -0.2) is 4.79 Å². The van der Waals surface area contributed by atoms with Crippen molar-refractivity contribution in [3.8, 4) is 0 Å². The molecule has 8 nitrogen and oxygen atoms in total. The van der Waals surface area contributed by atoms with E-state index in [0.717, 1.165) is 17.7 Å². The van der Waals surface area contributed by atoms with Crippen LogP contribution in [0.1, 0.15) is 24.2 Å². The van der Waals surface area contributed by atoms with E-state index in [2.05, 4.69) is 10.8 Å². The molecule has 0 fully saturated rings. The van der Waals surface area contributed by atoms with Crippen LogP contribution in [0.2, 0.25) is 0 Å². The Labute approximate surface area is 177 Å². The molecule has 0 saturated carbocycles. The first-order valence-corrected chi connectivity index (χ1v) is 9.75. The van der Waals surface area contributed by atoms with E-state index < -0.39 is 12.2 Å². The Hall–Kier alpha value is -3.10. The Kier molecular flexibility index (Phi) is 8.64. The summed E-state index contributed by atoms with van der Waals surface area (Å²) < 4.78 is 5.52. The molecule has 162 valence electrons. The van der Waals surface area contributed by atoms with E-state index in [9.17, 15) is 9.59 Å². The van der Waals surface area contributed by atoms with Crippen LogP contribution in [-0.2, 0) is 16.0 Å². The van der Waals surface area contributed by atoms with Crippen LogP contribution >= 0.6 is 0 Å². The van der Waals surface area contributed by atoms with E-state index in [4.69, 9.17) is 9.94 Å². The smallest absolute Gasteiger partial charge is 0.414 e. The number of nitrogens with zero attached hydrogens (tertiary/aromatic N) is 2. The van der Waals surface area contributed by atoms with E-state index in [0.29, 0.717) is 17.9 Å². The summed E-state index contributed by atoms with van der Waals surface area (Å²) in [6, 6.07) is 14.2. The van der Waals surface area contributed by atoms with Crippen LogP contribution in [0.25, 0.3) is 0 Å². The third-order valence-corrected chi connectivity index (χ3v) is 4.63. The summed E-state index contributed by atoms with van der Waals surface area (Å²) in [7, 11) is 5.55. The molecule has 0 aliphatic heterocycles. The molecule has 3 N–H and O–H groups in total. The predicted molar refractivity (Wildman–Crippen MR) is 117 cm³/mol. The molecule has 2 rings (SSSR count). The normalized spacial score (nSPS) is 11.7. The maximum atomic E-state index is 12.5. The molecule has 8 heteroatoms. The highest BCUT2D eigenvalue weighted by Crippen LogP contribution is 2.22. The molecular formula is C22H30N4O4. The zero-order chi connectivity index (χ0) is 22.1. The summed E-state index contributed by atoms with van der Waals surface area (Å²) in [5.41, 5.74) is 4.97. The maximum absolute atomic E-state index is 12.5. The Morgan fingerprint density at radius 2 is 1.67 bits per heavy atom. The van der Waals surface area contributed by atoms with Crippen molar-refractivity contribution in [2.24, 2.45) is 0 Å². The lowest BCUT2D eigenvalue weighted by molar-refractivity contribution is -0.120. The van der Waals surface area contributed by atoms with Gasteiger partial charge in [-0.3, -0.25) is 20.4 Å². The highest BCUT2D eigenvalue weighted by atomic mass is 16.6. The highest BCUT2D eigenvalue weighted by Gasteiger charge is 2.17. The first-order valence-electron chi connectivity index (χ1n) is 9.75. The number of hydrogen-bond donors (Lipinski definition) is 3. The zero-order valence-electron chi connectivity index (χ0n) is 17.9. The molecule has 1 unspecified atom stereocenters. The van der Waals surface area contributed by atoms with Crippen molar-refractivity contribution < 1.29 is 19.5 Å². The maximum Gasteiger partial charge on any atom is 0.414 e. The summed E-state index contributed by atoms with van der Waals surface area (Å²) in [6.07, 6.45) is -0.642. The van der Waals surface area contributed by atoms with E-state index in [1.807, 2.05) is 31.1 Å². The van der Waals surface area contributed by atoms with E-state index in [-0.39, 0.29) is 12.3 Å². The number of rotatable bonds is 9. The number of benzene rings is 2. The number of carbonyl (C=O) groups excluding carboxylic acids is 2. The number of hydrogen-bond acceptors (Lipinski definition) is 6. The van der Waals surface area contributed by atoms with Crippen LogP contribution in [0.5, 0.6) is 0 Å². The number of likely N-dealkylation sites (N-methyl/N-ethyl adjacent to an activating group) is 1. The molecule has 0 spiro atoms. The van der Waals surface area contributed by atoms with E-state index >= 15 is 0 Å². The average Bonchev–Trinajstić information content (AvgIpc) is 2.73. The molecule has 30 heavy (non-hydrogen) atoms. The second-order valence-electron chi connectivity index (χ2n) is 7.32. The van der Waals surface area contributed by atoms with Gasteiger partial charge in [0.2, 0.25) is 5.91 Å². The second-order valence-corrected chi connectivity index (χ2v) is 7.32. The Bertz CT molecular complexity index is 822. The number of nitrogens with one attached hydrogen (secondary N) is 2. The van der Waals surface area contributed by atoms with Crippen LogP contribution < -0.4 is 15.7 Å². The molecule has 0 heterocycles. The minimum Gasteiger partial charge on any atom is -0.441 e. The fourth-order valence-corrected chi connectivity index (χ4v) is 2.74. The number of amides is 2. The lowest BCUT2D eigenvalue weighted by atomic mass is 10.1. The van der Waals surface area contributed by atoms with Gasteiger partial charge in [0.15, 0.2) is 0 Å². The standard InChI is InChI=1S/C22H30N4O4/c1-16(18-7-9-19(24-29)10-8-18)30-22(28)26(4)20-11-5-17(6-12-20)15-21(27)23-13-14-25(2)3/h5-12,16,24,29H,13-15H2,1-4H3,(H,23,27). The van der Waals surface area contributed by atoms with Gasteiger partial charge in [0.1, 0.15) is 6.10 Å². The molecule has 0 radical (unpaired) electrons. The summed E-state index contributed by atoms with van der Waals surface area (Å²) in [4.78, 5) is 27.9. The molecule has 0 aliphatic rings. The van der Waals surface area contributed by atoms with Crippen LogP contribution in [0.15, 0.2) is 48.5 Å². The fourth-order valence-electron chi connectivity index (χ4n) is 2.74. The summed E-state index contributed by atoms with van der Waals surface area (Å²) >= 11 is 0. The van der Waals surface area contributed by atoms with Crippen LogP contribution in [0.4, 0.5) is 16.2 Å². The summed E-state index contributed by atoms with van der Waals surface area (Å²) in [5.74, 6) is -0.0337. The van der Waals surface area contributed by atoms with E-state index in [1.54, 1.807) is 50.4 Å². The lowest BCUT2D eigenvalue weighted by Crippen LogP contribution is -2.32. The Morgan fingerprint density at radius 3 is 2.23 bits per heavy atom. The summed E-state index contributed by atoms with van der Waals surface area (Å²) in [6.45, 7) is 3.18. The largest absolute Gasteiger partial charge is 0.441 e. The van der Waals surface area contributed by atoms with Crippen molar-refractivity contribution in [2.45, 2.75) is 19.4 Å². The molecular weight excluding hydrogens is 384 g/mol. The molecule has 0 aromatic heterocycles. The van der Waals surface area contributed by atoms with Gasteiger partial charge >= 0.3 is 6.09 Å². The van der Waals surface area contributed by atoms with Crippen LogP contribution in [0.3, 0.4) is 0 Å². The monoisotopic (exact) mass is 414 g/mol. The van der Waals surface area contributed by atoms with Crippen molar-refractivity contribution in [1.29, 1.82) is 0 Å². The average molecular weight is 415 g/mol. The second kappa shape index (κ2) is 11.2. The van der Waals surface area contributed by atoms with Gasteiger partial charge in [-0.2, -0.15) is 0 Å². The molecule has 0 bridgehead atoms. The molecule has 2 amide bonds. The molecule has 0 saturated heterocycles. The van der Waals surface area contributed by atoms with Crippen molar-refractivity contribution in [3.63, 3.8) is 0 Å². The molecule has 0 aliphatic carbocycles. The quantitative estimate of drug-likeness (QED) is 0.546. The van der Waals surface area contributed by atoms with E-state index in [1.165, 1.54) is 4.90 Å². The Morgan fingerprint density at radius 1 is 1.03 bits per heavy atom. The first-order chi connectivity index (χ1) is 14.3. The van der Waals surface area contributed by atoms with Gasteiger partial charge in [-0.15, -0.1) is 0 Å². The third-order valence-electron chi connectivity index (χ3n) is 4.63. The van der Waals surface area contributed by atoms with Crippen molar-refractivity contribution in [2.75, 3.05) is 44.6 Å².